The number of nitrogens with one attached hydrogen (secondary N) is 2. The standard InChI is InChI=1S/C28H37Cl2N3O3/c1-16(2)23(26(35)36-6)33-25(34)24-22(17-8-7-9-20(30)14-17)28(31,18-10-12-19(29)13-11-18)21(32-24)15-27(3,4)5/h7-14,16,21-24,32H,15,31H2,1-6H3,(H,33,34). The topological polar surface area (TPSA) is 93.4 Å². The Kier molecular flexibility index (Phi) is 8.77. The third-order valence-electron chi connectivity index (χ3n) is 6.88. The van der Waals surface area contributed by atoms with Crippen molar-refractivity contribution in [2.75, 3.05) is 7.11 Å². The van der Waals surface area contributed by atoms with Crippen LogP contribution in [0, 0.1) is 11.3 Å². The first-order valence-corrected chi connectivity index (χ1v) is 13.0. The monoisotopic (exact) mass is 533 g/mol. The SMILES string of the molecule is COC(=O)C(NC(=O)C1NC(CC(C)(C)C)C(N)(c2ccc(Cl)cc2)C1c1cccc(Cl)c1)C(C)C. The van der Waals surface area contributed by atoms with Crippen molar-refractivity contribution in [2.45, 2.75) is 70.6 Å². The van der Waals surface area contributed by atoms with E-state index in [1.54, 1.807) is 6.07 Å². The summed E-state index contributed by atoms with van der Waals surface area (Å²) >= 11 is 12.6. The maximum absolute atomic E-state index is 13.8. The summed E-state index contributed by atoms with van der Waals surface area (Å²) in [5.74, 6) is -1.44. The molecule has 196 valence electrons. The van der Waals surface area contributed by atoms with Gasteiger partial charge < -0.3 is 21.1 Å². The third-order valence-corrected chi connectivity index (χ3v) is 7.36. The number of esters is 1. The molecule has 2 aromatic carbocycles. The molecule has 0 saturated carbocycles. The zero-order valence-corrected chi connectivity index (χ0v) is 23.3. The molecule has 0 bridgehead atoms. The maximum atomic E-state index is 13.8. The first kappa shape index (κ1) is 28.5. The van der Waals surface area contributed by atoms with Crippen LogP contribution in [0.5, 0.6) is 0 Å². The van der Waals surface area contributed by atoms with Gasteiger partial charge in [0.15, 0.2) is 0 Å². The zero-order chi connectivity index (χ0) is 26.8. The van der Waals surface area contributed by atoms with Crippen LogP contribution in [0.2, 0.25) is 10.0 Å². The summed E-state index contributed by atoms with van der Waals surface area (Å²) < 4.78 is 4.94. The van der Waals surface area contributed by atoms with Gasteiger partial charge in [-0.1, -0.05) is 82.1 Å². The minimum Gasteiger partial charge on any atom is -0.467 e. The average Bonchev–Trinajstić information content (AvgIpc) is 3.08. The van der Waals surface area contributed by atoms with Crippen molar-refractivity contribution in [2.24, 2.45) is 17.1 Å². The second-order valence-corrected chi connectivity index (χ2v) is 12.1. The van der Waals surface area contributed by atoms with E-state index in [1.165, 1.54) is 7.11 Å². The Labute approximate surface area is 224 Å². The zero-order valence-electron chi connectivity index (χ0n) is 21.8. The summed E-state index contributed by atoms with van der Waals surface area (Å²) in [7, 11) is 1.32. The van der Waals surface area contributed by atoms with Gasteiger partial charge in [0.2, 0.25) is 5.91 Å². The predicted molar refractivity (Wildman–Crippen MR) is 145 cm³/mol. The molecule has 5 unspecified atom stereocenters. The Balaban J connectivity index is 2.16. The number of carbonyl (C=O) groups excluding carboxylic acids is 2. The normalized spacial score (nSPS) is 25.0. The molecule has 4 N–H and O–H groups in total. The molecule has 0 aromatic heterocycles. The number of hydrogen-bond acceptors (Lipinski definition) is 5. The summed E-state index contributed by atoms with van der Waals surface area (Å²) in [5, 5.41) is 7.63. The van der Waals surface area contributed by atoms with Crippen molar-refractivity contribution in [3.8, 4) is 0 Å². The molecule has 0 spiro atoms. The van der Waals surface area contributed by atoms with Gasteiger partial charge in [0, 0.05) is 22.0 Å². The Morgan fingerprint density at radius 2 is 1.75 bits per heavy atom. The summed E-state index contributed by atoms with van der Waals surface area (Å²) in [6, 6.07) is 13.2. The van der Waals surface area contributed by atoms with Gasteiger partial charge in [0.1, 0.15) is 6.04 Å². The Morgan fingerprint density at radius 3 is 2.28 bits per heavy atom. The minimum atomic E-state index is -0.969. The fourth-order valence-corrected chi connectivity index (χ4v) is 5.49. The molecule has 2 aromatic rings. The van der Waals surface area contributed by atoms with E-state index in [2.05, 4.69) is 31.4 Å². The van der Waals surface area contributed by atoms with Crippen LogP contribution in [0.3, 0.4) is 0 Å². The van der Waals surface area contributed by atoms with Gasteiger partial charge in [0.05, 0.1) is 18.7 Å². The molecule has 0 radical (unpaired) electrons. The highest BCUT2D eigenvalue weighted by molar-refractivity contribution is 6.30. The van der Waals surface area contributed by atoms with Crippen LogP contribution in [-0.4, -0.2) is 37.1 Å². The molecule has 3 rings (SSSR count). The molecule has 1 heterocycles. The van der Waals surface area contributed by atoms with Crippen molar-refractivity contribution < 1.29 is 14.3 Å². The fourth-order valence-electron chi connectivity index (χ4n) is 5.17. The van der Waals surface area contributed by atoms with E-state index < -0.39 is 29.5 Å². The molecular weight excluding hydrogens is 497 g/mol. The van der Waals surface area contributed by atoms with Gasteiger partial charge in [-0.15, -0.1) is 0 Å². The fraction of sp³-hybridized carbons (Fsp3) is 0.500. The molecule has 1 saturated heterocycles. The van der Waals surface area contributed by atoms with Crippen LogP contribution < -0.4 is 16.4 Å². The smallest absolute Gasteiger partial charge is 0.328 e. The number of rotatable bonds is 7. The van der Waals surface area contributed by atoms with E-state index in [0.717, 1.165) is 11.1 Å². The quantitative estimate of drug-likeness (QED) is 0.434. The number of hydrogen-bond donors (Lipinski definition) is 3. The van der Waals surface area contributed by atoms with E-state index >= 15 is 0 Å². The van der Waals surface area contributed by atoms with E-state index in [1.807, 2.05) is 56.3 Å². The lowest BCUT2D eigenvalue weighted by Gasteiger charge is -2.39. The minimum absolute atomic E-state index is 0.0779. The molecule has 8 heteroatoms. The molecule has 1 aliphatic rings. The lowest BCUT2D eigenvalue weighted by atomic mass is 9.68. The molecule has 1 amide bonds. The number of ether oxygens (including phenoxy) is 1. The summed E-state index contributed by atoms with van der Waals surface area (Å²) in [4.78, 5) is 26.3. The average molecular weight is 535 g/mol. The van der Waals surface area contributed by atoms with Crippen LogP contribution >= 0.6 is 23.2 Å². The molecular formula is C28H37Cl2N3O3. The van der Waals surface area contributed by atoms with E-state index in [-0.39, 0.29) is 23.3 Å². The van der Waals surface area contributed by atoms with Gasteiger partial charge in [-0.25, -0.2) is 4.79 Å². The third kappa shape index (κ3) is 6.05. The van der Waals surface area contributed by atoms with E-state index in [4.69, 9.17) is 33.7 Å². The van der Waals surface area contributed by atoms with Crippen LogP contribution in [0.4, 0.5) is 0 Å². The lowest BCUT2D eigenvalue weighted by molar-refractivity contribution is -0.146. The van der Waals surface area contributed by atoms with Crippen molar-refractivity contribution in [1.82, 2.24) is 10.6 Å². The van der Waals surface area contributed by atoms with Crippen LogP contribution in [0.1, 0.15) is 58.1 Å². The van der Waals surface area contributed by atoms with E-state index in [9.17, 15) is 9.59 Å². The molecule has 5 atom stereocenters. The summed E-state index contributed by atoms with van der Waals surface area (Å²) in [5.41, 5.74) is 8.05. The van der Waals surface area contributed by atoms with Crippen LogP contribution in [-0.2, 0) is 19.9 Å². The largest absolute Gasteiger partial charge is 0.467 e. The second kappa shape index (κ2) is 11.1. The molecule has 0 aliphatic carbocycles. The summed E-state index contributed by atoms with van der Waals surface area (Å²) in [6.07, 6.45) is 0.706. The summed E-state index contributed by atoms with van der Waals surface area (Å²) in [6.45, 7) is 10.2. The number of amides is 1. The Morgan fingerprint density at radius 1 is 1.11 bits per heavy atom. The van der Waals surface area contributed by atoms with Gasteiger partial charge >= 0.3 is 5.97 Å². The van der Waals surface area contributed by atoms with Crippen molar-refractivity contribution >= 4 is 35.1 Å². The van der Waals surface area contributed by atoms with Crippen molar-refractivity contribution in [3.05, 3.63) is 69.7 Å². The molecule has 6 nitrogen and oxygen atoms in total. The van der Waals surface area contributed by atoms with Crippen LogP contribution in [0.25, 0.3) is 0 Å². The number of carbonyl (C=O) groups is 2. The van der Waals surface area contributed by atoms with Crippen LogP contribution in [0.15, 0.2) is 48.5 Å². The van der Waals surface area contributed by atoms with Crippen molar-refractivity contribution in [3.63, 3.8) is 0 Å². The lowest BCUT2D eigenvalue weighted by Crippen LogP contribution is -2.53. The van der Waals surface area contributed by atoms with Gasteiger partial charge in [-0.05, 0) is 53.1 Å². The highest BCUT2D eigenvalue weighted by atomic mass is 35.5. The first-order valence-electron chi connectivity index (χ1n) is 12.2. The highest BCUT2D eigenvalue weighted by Crippen LogP contribution is 2.48. The number of methoxy groups -OCH3 is 1. The van der Waals surface area contributed by atoms with Gasteiger partial charge in [-0.2, -0.15) is 0 Å². The van der Waals surface area contributed by atoms with Gasteiger partial charge in [-0.3, -0.25) is 4.79 Å². The molecule has 1 fully saturated rings. The Bertz CT molecular complexity index is 1080. The van der Waals surface area contributed by atoms with E-state index in [0.29, 0.717) is 16.5 Å². The van der Waals surface area contributed by atoms with Crippen molar-refractivity contribution in [1.29, 1.82) is 0 Å². The second-order valence-electron chi connectivity index (χ2n) is 11.2. The van der Waals surface area contributed by atoms with Gasteiger partial charge in [0.25, 0.3) is 0 Å². The molecule has 1 aliphatic heterocycles. The predicted octanol–water partition coefficient (Wildman–Crippen LogP) is 5.02. The number of halogens is 2. The first-order chi connectivity index (χ1) is 16.8. The number of nitrogens with two attached hydrogens (primary N) is 1. The number of benzene rings is 2. The maximum Gasteiger partial charge on any atom is 0.328 e. The Hall–Kier alpha value is -2.12. The highest BCUT2D eigenvalue weighted by Gasteiger charge is 2.57. The molecule has 36 heavy (non-hydrogen) atoms.